The van der Waals surface area contributed by atoms with Gasteiger partial charge in [0, 0.05) is 44.9 Å². The third-order valence-corrected chi connectivity index (χ3v) is 3.49. The molecule has 0 saturated heterocycles. The predicted molar refractivity (Wildman–Crippen MR) is 105 cm³/mol. The fraction of sp³-hybridized carbons (Fsp3) is 0.400. The summed E-state index contributed by atoms with van der Waals surface area (Å²) in [6.45, 7) is 3.98. The van der Waals surface area contributed by atoms with Crippen LogP contribution in [0.25, 0.3) is 0 Å². The van der Waals surface area contributed by atoms with Crippen molar-refractivity contribution in [1.29, 1.82) is 0 Å². The van der Waals surface area contributed by atoms with Gasteiger partial charge < -0.3 is 24.2 Å². The molecule has 0 aliphatic carbocycles. The molecule has 0 fully saturated rings. The summed E-state index contributed by atoms with van der Waals surface area (Å²) in [7, 11) is 0. The summed E-state index contributed by atoms with van der Waals surface area (Å²) in [5.41, 5.74) is 0.250. The summed E-state index contributed by atoms with van der Waals surface area (Å²) in [5.74, 6) is -2.94. The first-order chi connectivity index (χ1) is 14.6. The van der Waals surface area contributed by atoms with E-state index in [-0.39, 0.29) is 5.69 Å². The first-order valence-electron chi connectivity index (χ1n) is 9.15. The summed E-state index contributed by atoms with van der Waals surface area (Å²) in [6, 6.07) is 8.09. The molecule has 0 aliphatic rings. The normalized spacial score (nSPS) is 14.3. The summed E-state index contributed by atoms with van der Waals surface area (Å²) in [6.07, 6.45) is -1.77. The number of esters is 4. The van der Waals surface area contributed by atoms with Crippen molar-refractivity contribution in [2.24, 2.45) is 5.11 Å². The van der Waals surface area contributed by atoms with Crippen LogP contribution < -0.4 is 0 Å². The Bertz CT molecular complexity index is 836. The predicted octanol–water partition coefficient (Wildman–Crippen LogP) is 2.15. The highest BCUT2D eigenvalue weighted by atomic mass is 16.6. The van der Waals surface area contributed by atoms with E-state index in [1.165, 1.54) is 18.2 Å². The minimum absolute atomic E-state index is 0.250. The molecule has 168 valence electrons. The maximum Gasteiger partial charge on any atom is 0.303 e. The number of hydrogen-bond donors (Lipinski definition) is 0. The van der Waals surface area contributed by atoms with Gasteiger partial charge in [-0.1, -0.05) is 23.1 Å². The molecule has 31 heavy (non-hydrogen) atoms. The van der Waals surface area contributed by atoms with Crippen molar-refractivity contribution in [3.63, 3.8) is 0 Å². The zero-order chi connectivity index (χ0) is 23.4. The topological polar surface area (TPSA) is 144 Å². The number of para-hydroxylation sites is 1. The van der Waals surface area contributed by atoms with Crippen molar-refractivity contribution in [1.82, 2.24) is 0 Å². The van der Waals surface area contributed by atoms with Crippen molar-refractivity contribution in [2.75, 3.05) is 6.61 Å². The molecule has 1 aromatic rings. The molecule has 11 heteroatoms. The molecular formula is C20H24N2O9. The Kier molecular flexibility index (Phi) is 10.4. The first-order valence-corrected chi connectivity index (χ1v) is 9.15. The number of benzene rings is 1. The van der Waals surface area contributed by atoms with Crippen LogP contribution in [0, 0.1) is 5.21 Å². The molecule has 0 unspecified atom stereocenters. The number of carbonyl (C=O) groups excluding carboxylic acids is 4. The average molecular weight is 436 g/mol. The van der Waals surface area contributed by atoms with E-state index in [4.69, 9.17) is 18.9 Å². The van der Waals surface area contributed by atoms with Crippen LogP contribution in [-0.4, -0.2) is 53.7 Å². The van der Waals surface area contributed by atoms with Gasteiger partial charge in [-0.15, -0.1) is 0 Å². The average Bonchev–Trinajstić information content (AvgIpc) is 2.68. The first kappa shape index (κ1) is 25.3. The third-order valence-electron chi connectivity index (χ3n) is 3.49. The molecule has 0 aliphatic heterocycles. The minimum Gasteiger partial charge on any atom is -0.594 e. The van der Waals surface area contributed by atoms with Crippen LogP contribution in [0.15, 0.2) is 47.7 Å². The van der Waals surface area contributed by atoms with Crippen molar-refractivity contribution in [2.45, 2.75) is 46.0 Å². The Morgan fingerprint density at radius 3 is 2.03 bits per heavy atom. The second kappa shape index (κ2) is 12.7. The zero-order valence-electron chi connectivity index (χ0n) is 17.5. The molecule has 0 bridgehead atoms. The molecule has 0 heterocycles. The van der Waals surface area contributed by atoms with Crippen LogP contribution in [-0.2, 0) is 38.1 Å². The Balaban J connectivity index is 3.23. The van der Waals surface area contributed by atoms with Crippen LogP contribution in [0.3, 0.4) is 0 Å². The van der Waals surface area contributed by atoms with E-state index in [1.54, 1.807) is 18.2 Å². The summed E-state index contributed by atoms with van der Waals surface area (Å²) in [4.78, 5) is 46.2. The second-order valence-corrected chi connectivity index (χ2v) is 6.16. The Hall–Kier alpha value is -3.76. The number of ether oxygens (including phenoxy) is 4. The number of rotatable bonds is 10. The molecule has 11 nitrogen and oxygen atoms in total. The van der Waals surface area contributed by atoms with E-state index in [2.05, 4.69) is 5.11 Å². The smallest absolute Gasteiger partial charge is 0.303 e. The number of carbonyl (C=O) groups is 4. The molecule has 0 aromatic heterocycles. The monoisotopic (exact) mass is 436 g/mol. The SMILES string of the molecule is CC(=O)OC[C@H](OC(C)=O)[C@H](OC(C)=O)[C@@H](/C=C/N=[N+]([O-])c1ccccc1)OC(C)=O. The van der Waals surface area contributed by atoms with Gasteiger partial charge >= 0.3 is 23.9 Å². The minimum atomic E-state index is -1.38. The Morgan fingerprint density at radius 1 is 0.935 bits per heavy atom. The van der Waals surface area contributed by atoms with E-state index in [1.807, 2.05) is 0 Å². The van der Waals surface area contributed by atoms with Crippen molar-refractivity contribution in [3.05, 3.63) is 47.8 Å². The third kappa shape index (κ3) is 10.0. The maximum atomic E-state index is 12.0. The lowest BCUT2D eigenvalue weighted by Gasteiger charge is -2.30. The van der Waals surface area contributed by atoms with E-state index >= 15 is 0 Å². The van der Waals surface area contributed by atoms with Gasteiger partial charge in [-0.25, -0.2) is 0 Å². The highest BCUT2D eigenvalue weighted by molar-refractivity contribution is 5.69. The molecule has 1 aromatic carbocycles. The van der Waals surface area contributed by atoms with Crippen molar-refractivity contribution >= 4 is 29.6 Å². The lowest BCUT2D eigenvalue weighted by molar-refractivity contribution is -0.436. The Labute approximate surface area is 178 Å². The molecular weight excluding hydrogens is 412 g/mol. The van der Waals surface area contributed by atoms with E-state index in [0.29, 0.717) is 4.86 Å². The van der Waals surface area contributed by atoms with Gasteiger partial charge in [-0.2, -0.15) is 0 Å². The largest absolute Gasteiger partial charge is 0.594 e. The van der Waals surface area contributed by atoms with Gasteiger partial charge in [0.15, 0.2) is 18.3 Å². The fourth-order valence-corrected chi connectivity index (χ4v) is 2.37. The molecule has 0 spiro atoms. The summed E-state index contributed by atoms with van der Waals surface area (Å²) in [5, 5.41) is 15.7. The fourth-order valence-electron chi connectivity index (χ4n) is 2.37. The van der Waals surface area contributed by atoms with E-state index in [9.17, 15) is 24.4 Å². The van der Waals surface area contributed by atoms with E-state index in [0.717, 1.165) is 33.9 Å². The number of azo groups is 1. The highest BCUT2D eigenvalue weighted by Gasteiger charge is 2.36. The quantitative estimate of drug-likeness (QED) is 0.177. The van der Waals surface area contributed by atoms with Crippen LogP contribution in [0.1, 0.15) is 27.7 Å². The lowest BCUT2D eigenvalue weighted by atomic mass is 10.1. The maximum absolute atomic E-state index is 12.0. The molecule has 1 rings (SSSR count). The number of hydrogen-bond acceptors (Lipinski definition) is 10. The van der Waals surface area contributed by atoms with Gasteiger partial charge in [0.05, 0.1) is 6.20 Å². The zero-order valence-corrected chi connectivity index (χ0v) is 17.5. The van der Waals surface area contributed by atoms with Gasteiger partial charge in [0.1, 0.15) is 6.61 Å². The molecule has 0 amide bonds. The van der Waals surface area contributed by atoms with Gasteiger partial charge in [0.2, 0.25) is 5.69 Å². The van der Waals surface area contributed by atoms with Crippen molar-refractivity contribution < 1.29 is 43.0 Å². The van der Waals surface area contributed by atoms with Gasteiger partial charge in [-0.3, -0.25) is 19.2 Å². The molecule has 0 N–H and O–H groups in total. The summed E-state index contributed by atoms with van der Waals surface area (Å²) < 4.78 is 20.3. The molecule has 3 atom stereocenters. The van der Waals surface area contributed by atoms with Crippen LogP contribution in [0.5, 0.6) is 0 Å². The highest BCUT2D eigenvalue weighted by Crippen LogP contribution is 2.17. The van der Waals surface area contributed by atoms with Gasteiger partial charge in [-0.05, 0) is 6.08 Å². The van der Waals surface area contributed by atoms with Crippen LogP contribution in [0.4, 0.5) is 5.69 Å². The summed E-state index contributed by atoms with van der Waals surface area (Å²) >= 11 is 0. The van der Waals surface area contributed by atoms with Gasteiger partial charge in [0.25, 0.3) is 0 Å². The second-order valence-electron chi connectivity index (χ2n) is 6.16. The standard InChI is InChI=1S/C20H24N2O9/c1-13(23)28-12-19(30-15(3)25)20(31-16(4)26)18(29-14(2)24)10-11-21-22(27)17-8-6-5-7-9-17/h5-11,18-20H,12H2,1-4H3/b11-10+,22-21?/t18-,19+,20-/m1/s1. The lowest BCUT2D eigenvalue weighted by Crippen LogP contribution is -2.46. The molecule has 0 saturated carbocycles. The van der Waals surface area contributed by atoms with Crippen molar-refractivity contribution in [3.8, 4) is 0 Å². The van der Waals surface area contributed by atoms with Crippen LogP contribution in [0.2, 0.25) is 0 Å². The number of nitrogens with zero attached hydrogens (tertiary/aromatic N) is 2. The van der Waals surface area contributed by atoms with E-state index < -0.39 is 48.8 Å². The Morgan fingerprint density at radius 2 is 1.52 bits per heavy atom. The molecule has 0 radical (unpaired) electrons. The van der Waals surface area contributed by atoms with Crippen LogP contribution >= 0.6 is 0 Å².